The number of carbonyl (C=O) groups is 1. The van der Waals surface area contributed by atoms with Crippen LogP contribution in [-0.2, 0) is 19.9 Å². The van der Waals surface area contributed by atoms with Crippen LogP contribution in [0, 0.1) is 22.7 Å². The number of nitrogens with one attached hydrogen (secondary N) is 1. The van der Waals surface area contributed by atoms with Crippen LogP contribution in [0.15, 0.2) is 24.3 Å². The van der Waals surface area contributed by atoms with Crippen LogP contribution < -0.4 is 5.32 Å². The Labute approximate surface area is 141 Å². The fraction of sp³-hybridized carbons (Fsp3) is 0.579. The van der Waals surface area contributed by atoms with Crippen molar-refractivity contribution in [2.75, 3.05) is 26.4 Å². The summed E-state index contributed by atoms with van der Waals surface area (Å²) in [5.41, 5.74) is 1.32. The Kier molecular flexibility index (Phi) is 3.82. The first-order valence-corrected chi connectivity index (χ1v) is 8.68. The van der Waals surface area contributed by atoms with Crippen molar-refractivity contribution in [1.29, 1.82) is 5.26 Å². The molecule has 3 fully saturated rings. The average Bonchev–Trinajstić information content (AvgIpc) is 3.27. The molecule has 1 aliphatic carbocycles. The Bertz CT molecular complexity index is 684. The zero-order valence-electron chi connectivity index (χ0n) is 13.7. The summed E-state index contributed by atoms with van der Waals surface area (Å²) < 4.78 is 11.3. The van der Waals surface area contributed by atoms with E-state index in [0.717, 1.165) is 44.5 Å². The number of ether oxygens (including phenoxy) is 2. The summed E-state index contributed by atoms with van der Waals surface area (Å²) in [5.74, 6) is 0.271. The van der Waals surface area contributed by atoms with Crippen LogP contribution in [0.25, 0.3) is 0 Å². The molecule has 2 atom stereocenters. The van der Waals surface area contributed by atoms with Crippen LogP contribution in [0.2, 0.25) is 0 Å². The number of benzene rings is 1. The molecule has 24 heavy (non-hydrogen) atoms. The van der Waals surface area contributed by atoms with Crippen molar-refractivity contribution in [3.63, 3.8) is 0 Å². The first-order chi connectivity index (χ1) is 11.7. The Balaban J connectivity index is 1.41. The molecule has 5 heteroatoms. The van der Waals surface area contributed by atoms with Crippen molar-refractivity contribution in [2.45, 2.75) is 31.3 Å². The van der Waals surface area contributed by atoms with Gasteiger partial charge in [0.05, 0.1) is 24.8 Å². The van der Waals surface area contributed by atoms with E-state index >= 15 is 0 Å². The number of nitrogens with zero attached hydrogens (tertiary/aromatic N) is 1. The maximum absolute atomic E-state index is 12.6. The molecule has 1 N–H and O–H groups in total. The maximum atomic E-state index is 12.6. The maximum Gasteiger partial charge on any atom is 0.223 e. The van der Waals surface area contributed by atoms with E-state index in [1.165, 1.54) is 0 Å². The van der Waals surface area contributed by atoms with Crippen LogP contribution in [0.5, 0.6) is 0 Å². The fourth-order valence-corrected chi connectivity index (χ4v) is 4.09. The SMILES string of the molecule is N#Cc1cccc([C@]2(CNC(=O)C3CC34CCOCC4)CCO2)c1. The molecular weight excluding hydrogens is 304 g/mol. The van der Waals surface area contributed by atoms with Gasteiger partial charge in [-0.15, -0.1) is 0 Å². The van der Waals surface area contributed by atoms with E-state index in [1.54, 1.807) is 6.07 Å². The van der Waals surface area contributed by atoms with Crippen molar-refractivity contribution in [2.24, 2.45) is 11.3 Å². The quantitative estimate of drug-likeness (QED) is 0.920. The van der Waals surface area contributed by atoms with Gasteiger partial charge >= 0.3 is 0 Å². The highest BCUT2D eigenvalue weighted by molar-refractivity contribution is 5.82. The summed E-state index contributed by atoms with van der Waals surface area (Å²) in [7, 11) is 0. The minimum atomic E-state index is -0.472. The molecule has 0 radical (unpaired) electrons. The Morgan fingerprint density at radius 3 is 2.75 bits per heavy atom. The number of hydrogen-bond donors (Lipinski definition) is 1. The van der Waals surface area contributed by atoms with Gasteiger partial charge in [-0.3, -0.25) is 4.79 Å². The fourth-order valence-electron chi connectivity index (χ4n) is 4.09. The minimum absolute atomic E-state index is 0.129. The first kappa shape index (κ1) is 15.6. The second kappa shape index (κ2) is 5.87. The molecular formula is C19H22N2O3. The third-order valence-electron chi connectivity index (χ3n) is 5.94. The van der Waals surface area contributed by atoms with Gasteiger partial charge in [0.2, 0.25) is 5.91 Å². The van der Waals surface area contributed by atoms with Crippen LogP contribution in [0.1, 0.15) is 36.8 Å². The Hall–Kier alpha value is -1.90. The predicted octanol–water partition coefficient (Wildman–Crippen LogP) is 2.11. The molecule has 3 aliphatic rings. The summed E-state index contributed by atoms with van der Waals surface area (Å²) in [6.45, 7) is 2.72. The molecule has 1 amide bonds. The van der Waals surface area contributed by atoms with Crippen molar-refractivity contribution in [1.82, 2.24) is 5.32 Å². The molecule has 1 saturated carbocycles. The molecule has 2 aliphatic heterocycles. The monoisotopic (exact) mass is 326 g/mol. The molecule has 1 spiro atoms. The summed E-state index contributed by atoms with van der Waals surface area (Å²) in [4.78, 5) is 12.6. The Morgan fingerprint density at radius 1 is 1.29 bits per heavy atom. The zero-order valence-corrected chi connectivity index (χ0v) is 13.7. The standard InChI is InChI=1S/C19H22N2O3/c20-12-14-2-1-3-15(10-14)19(6-9-24-19)13-21-17(22)16-11-18(16)4-7-23-8-5-18/h1-3,10,16H,4-9,11,13H2,(H,21,22)/t16?,19-/m1/s1. The molecule has 1 unspecified atom stereocenters. The normalized spacial score (nSPS) is 30.2. The van der Waals surface area contributed by atoms with E-state index in [0.29, 0.717) is 18.7 Å². The smallest absolute Gasteiger partial charge is 0.223 e. The largest absolute Gasteiger partial charge is 0.381 e. The predicted molar refractivity (Wildman–Crippen MR) is 87.0 cm³/mol. The summed E-state index contributed by atoms with van der Waals surface area (Å²) in [6.07, 6.45) is 3.85. The van der Waals surface area contributed by atoms with E-state index in [2.05, 4.69) is 11.4 Å². The third-order valence-corrected chi connectivity index (χ3v) is 5.94. The molecule has 0 aromatic heterocycles. The van der Waals surface area contributed by atoms with Crippen LogP contribution in [0.3, 0.4) is 0 Å². The van der Waals surface area contributed by atoms with Crippen molar-refractivity contribution in [3.8, 4) is 6.07 Å². The summed E-state index contributed by atoms with van der Waals surface area (Å²) in [6, 6.07) is 9.66. The number of amides is 1. The van der Waals surface area contributed by atoms with Gasteiger partial charge < -0.3 is 14.8 Å². The molecule has 126 valence electrons. The van der Waals surface area contributed by atoms with Gasteiger partial charge in [-0.05, 0) is 42.4 Å². The number of hydrogen-bond acceptors (Lipinski definition) is 4. The van der Waals surface area contributed by atoms with E-state index in [9.17, 15) is 4.79 Å². The zero-order chi connectivity index (χ0) is 16.6. The molecule has 5 nitrogen and oxygen atoms in total. The van der Waals surface area contributed by atoms with Crippen molar-refractivity contribution in [3.05, 3.63) is 35.4 Å². The Morgan fingerprint density at radius 2 is 2.08 bits per heavy atom. The van der Waals surface area contributed by atoms with Crippen LogP contribution in [-0.4, -0.2) is 32.3 Å². The molecule has 2 heterocycles. The molecule has 2 saturated heterocycles. The van der Waals surface area contributed by atoms with Crippen molar-refractivity contribution >= 4 is 5.91 Å². The van der Waals surface area contributed by atoms with Gasteiger partial charge in [-0.25, -0.2) is 0 Å². The number of nitriles is 1. The molecule has 0 bridgehead atoms. The van der Waals surface area contributed by atoms with E-state index in [1.807, 2.05) is 18.2 Å². The van der Waals surface area contributed by atoms with E-state index < -0.39 is 5.60 Å². The van der Waals surface area contributed by atoms with Gasteiger partial charge in [0, 0.05) is 25.6 Å². The lowest BCUT2D eigenvalue weighted by Gasteiger charge is -2.42. The molecule has 1 aromatic carbocycles. The van der Waals surface area contributed by atoms with Gasteiger partial charge in [-0.2, -0.15) is 5.26 Å². The van der Waals surface area contributed by atoms with Crippen molar-refractivity contribution < 1.29 is 14.3 Å². The summed E-state index contributed by atoms with van der Waals surface area (Å²) in [5, 5.41) is 12.2. The van der Waals surface area contributed by atoms with Gasteiger partial charge in [0.1, 0.15) is 5.60 Å². The lowest BCUT2D eigenvalue weighted by atomic mass is 9.85. The highest BCUT2D eigenvalue weighted by atomic mass is 16.5. The second-order valence-electron chi connectivity index (χ2n) is 7.23. The topological polar surface area (TPSA) is 71.4 Å². The van der Waals surface area contributed by atoms with Gasteiger partial charge in [-0.1, -0.05) is 12.1 Å². The van der Waals surface area contributed by atoms with Crippen LogP contribution in [0.4, 0.5) is 0 Å². The number of rotatable bonds is 4. The highest BCUT2D eigenvalue weighted by Gasteiger charge is 2.58. The second-order valence-corrected chi connectivity index (χ2v) is 7.23. The lowest BCUT2D eigenvalue weighted by Crippen LogP contribution is -2.50. The van der Waals surface area contributed by atoms with Crippen LogP contribution >= 0.6 is 0 Å². The number of carbonyl (C=O) groups excluding carboxylic acids is 1. The average molecular weight is 326 g/mol. The molecule has 4 rings (SSSR count). The highest BCUT2D eigenvalue weighted by Crippen LogP contribution is 2.59. The van der Waals surface area contributed by atoms with E-state index in [-0.39, 0.29) is 17.2 Å². The first-order valence-electron chi connectivity index (χ1n) is 8.68. The van der Waals surface area contributed by atoms with E-state index in [4.69, 9.17) is 14.7 Å². The summed E-state index contributed by atoms with van der Waals surface area (Å²) >= 11 is 0. The lowest BCUT2D eigenvalue weighted by molar-refractivity contribution is -0.155. The third kappa shape index (κ3) is 2.60. The molecule has 1 aromatic rings. The van der Waals surface area contributed by atoms with Gasteiger partial charge in [0.25, 0.3) is 0 Å². The van der Waals surface area contributed by atoms with Gasteiger partial charge in [0.15, 0.2) is 0 Å². The minimum Gasteiger partial charge on any atom is -0.381 e.